The molecule has 28 heavy (non-hydrogen) atoms. The molecule has 1 heterocycles. The molecule has 0 aliphatic carbocycles. The van der Waals surface area contributed by atoms with E-state index < -0.39 is 0 Å². The first-order valence-electron chi connectivity index (χ1n) is 10.3. The number of nitrogens with two attached hydrogens (primary N) is 1. The van der Waals surface area contributed by atoms with Crippen LogP contribution in [0.15, 0.2) is 29.3 Å². The SMILES string of the molecule is CCNC(=NCCCCN1CCC(C(N)=O)CC1)N(C)Cc1ccccc1Cl. The normalized spacial score (nSPS) is 16.2. The summed E-state index contributed by atoms with van der Waals surface area (Å²) in [4.78, 5) is 20.5. The Morgan fingerprint density at radius 1 is 1.32 bits per heavy atom. The summed E-state index contributed by atoms with van der Waals surface area (Å²) >= 11 is 6.28. The van der Waals surface area contributed by atoms with Gasteiger partial charge in [0.25, 0.3) is 0 Å². The molecule has 0 atom stereocenters. The molecule has 0 saturated carbocycles. The molecule has 1 aromatic rings. The van der Waals surface area contributed by atoms with Gasteiger partial charge in [0, 0.05) is 37.6 Å². The van der Waals surface area contributed by atoms with Gasteiger partial charge in [-0.05, 0) is 63.9 Å². The van der Waals surface area contributed by atoms with E-state index in [0.717, 1.165) is 81.5 Å². The number of unbranched alkanes of at least 4 members (excludes halogenated alkanes) is 1. The summed E-state index contributed by atoms with van der Waals surface area (Å²) in [6.07, 6.45) is 3.94. The minimum absolute atomic E-state index is 0.0668. The number of piperidine rings is 1. The number of benzene rings is 1. The molecule has 0 aromatic heterocycles. The lowest BCUT2D eigenvalue weighted by Crippen LogP contribution is -2.39. The molecule has 3 N–H and O–H groups in total. The van der Waals surface area contributed by atoms with Crippen molar-refractivity contribution in [3.63, 3.8) is 0 Å². The van der Waals surface area contributed by atoms with Gasteiger partial charge >= 0.3 is 0 Å². The second kappa shape index (κ2) is 11.9. The third-order valence-electron chi connectivity index (χ3n) is 5.20. The van der Waals surface area contributed by atoms with E-state index >= 15 is 0 Å². The quantitative estimate of drug-likeness (QED) is 0.375. The van der Waals surface area contributed by atoms with Gasteiger partial charge in [0.05, 0.1) is 0 Å². The van der Waals surface area contributed by atoms with Gasteiger partial charge in [-0.3, -0.25) is 9.79 Å². The predicted octanol–water partition coefficient (Wildman–Crippen LogP) is 2.71. The van der Waals surface area contributed by atoms with E-state index in [1.54, 1.807) is 0 Å². The minimum atomic E-state index is -0.147. The number of guanidine groups is 1. The molecule has 1 aliphatic rings. The largest absolute Gasteiger partial charge is 0.369 e. The van der Waals surface area contributed by atoms with E-state index in [1.807, 2.05) is 31.3 Å². The van der Waals surface area contributed by atoms with E-state index in [0.29, 0.717) is 0 Å². The second-order valence-corrected chi connectivity index (χ2v) is 7.82. The number of nitrogens with zero attached hydrogens (tertiary/aromatic N) is 3. The zero-order valence-corrected chi connectivity index (χ0v) is 17.9. The zero-order chi connectivity index (χ0) is 20.4. The topological polar surface area (TPSA) is 74.0 Å². The van der Waals surface area contributed by atoms with Gasteiger partial charge in [0.2, 0.25) is 5.91 Å². The molecule has 0 unspecified atom stereocenters. The first kappa shape index (κ1) is 22.5. The van der Waals surface area contributed by atoms with E-state index in [4.69, 9.17) is 22.3 Å². The summed E-state index contributed by atoms with van der Waals surface area (Å²) in [5.74, 6) is 0.827. The predicted molar refractivity (Wildman–Crippen MR) is 116 cm³/mol. The first-order chi connectivity index (χ1) is 13.5. The highest BCUT2D eigenvalue weighted by molar-refractivity contribution is 6.31. The molecule has 1 amide bonds. The Labute approximate surface area is 174 Å². The minimum Gasteiger partial charge on any atom is -0.369 e. The van der Waals surface area contributed by atoms with Gasteiger partial charge < -0.3 is 20.9 Å². The molecule has 0 bridgehead atoms. The molecular weight excluding hydrogens is 374 g/mol. The maximum Gasteiger partial charge on any atom is 0.220 e. The maximum atomic E-state index is 11.2. The van der Waals surface area contributed by atoms with E-state index in [1.165, 1.54) is 0 Å². The lowest BCUT2D eigenvalue weighted by atomic mass is 9.96. The summed E-state index contributed by atoms with van der Waals surface area (Å²) in [5.41, 5.74) is 6.49. The van der Waals surface area contributed by atoms with E-state index in [-0.39, 0.29) is 11.8 Å². The van der Waals surface area contributed by atoms with Crippen LogP contribution in [0.3, 0.4) is 0 Å². The number of nitrogens with one attached hydrogen (secondary N) is 1. The smallest absolute Gasteiger partial charge is 0.220 e. The van der Waals surface area contributed by atoms with Crippen molar-refractivity contribution in [2.24, 2.45) is 16.6 Å². The average molecular weight is 408 g/mol. The van der Waals surface area contributed by atoms with Crippen LogP contribution in [-0.2, 0) is 11.3 Å². The number of amides is 1. The van der Waals surface area contributed by atoms with Gasteiger partial charge in [-0.1, -0.05) is 29.8 Å². The first-order valence-corrected chi connectivity index (χ1v) is 10.6. The maximum absolute atomic E-state index is 11.2. The highest BCUT2D eigenvalue weighted by Gasteiger charge is 2.22. The third kappa shape index (κ3) is 7.32. The average Bonchev–Trinajstić information content (AvgIpc) is 2.69. The van der Waals surface area contributed by atoms with Crippen molar-refractivity contribution in [1.82, 2.24) is 15.1 Å². The molecule has 2 rings (SSSR count). The van der Waals surface area contributed by atoms with Crippen molar-refractivity contribution in [1.29, 1.82) is 0 Å². The monoisotopic (exact) mass is 407 g/mol. The van der Waals surface area contributed by atoms with Gasteiger partial charge in [-0.15, -0.1) is 0 Å². The lowest BCUT2D eigenvalue weighted by molar-refractivity contribution is -0.123. The van der Waals surface area contributed by atoms with Gasteiger partial charge in [-0.2, -0.15) is 0 Å². The molecule has 1 fully saturated rings. The Morgan fingerprint density at radius 3 is 2.68 bits per heavy atom. The van der Waals surface area contributed by atoms with Crippen molar-refractivity contribution in [2.45, 2.75) is 39.2 Å². The summed E-state index contributed by atoms with van der Waals surface area (Å²) in [6, 6.07) is 7.91. The second-order valence-electron chi connectivity index (χ2n) is 7.41. The molecule has 0 spiro atoms. The fourth-order valence-corrected chi connectivity index (χ4v) is 3.70. The molecule has 0 radical (unpaired) electrons. The number of hydrogen-bond acceptors (Lipinski definition) is 3. The summed E-state index contributed by atoms with van der Waals surface area (Å²) in [5, 5.41) is 4.14. The molecule has 7 heteroatoms. The molecular formula is C21H34ClN5O. The number of primary amides is 1. The van der Waals surface area contributed by atoms with Gasteiger partial charge in [0.1, 0.15) is 0 Å². The van der Waals surface area contributed by atoms with Gasteiger partial charge in [0.15, 0.2) is 5.96 Å². The van der Waals surface area contributed by atoms with Crippen LogP contribution in [0.4, 0.5) is 0 Å². The number of rotatable bonds is 9. The van der Waals surface area contributed by atoms with Crippen LogP contribution >= 0.6 is 11.6 Å². The molecule has 1 aliphatic heterocycles. The van der Waals surface area contributed by atoms with Crippen LogP contribution < -0.4 is 11.1 Å². The third-order valence-corrected chi connectivity index (χ3v) is 5.56. The van der Waals surface area contributed by atoms with Crippen molar-refractivity contribution < 1.29 is 4.79 Å². The number of carbonyl (C=O) groups excluding carboxylic acids is 1. The molecule has 1 saturated heterocycles. The summed E-state index contributed by atoms with van der Waals surface area (Å²) < 4.78 is 0. The van der Waals surface area contributed by atoms with Crippen LogP contribution in [0.1, 0.15) is 38.2 Å². The number of likely N-dealkylation sites (tertiary alicyclic amines) is 1. The Balaban J connectivity index is 1.73. The van der Waals surface area contributed by atoms with Crippen molar-refractivity contribution in [3.8, 4) is 0 Å². The zero-order valence-electron chi connectivity index (χ0n) is 17.2. The summed E-state index contributed by atoms with van der Waals surface area (Å²) in [6.45, 7) is 7.44. The number of carbonyl (C=O) groups is 1. The van der Waals surface area contributed by atoms with Crippen LogP contribution in [0.25, 0.3) is 0 Å². The molecule has 6 nitrogen and oxygen atoms in total. The van der Waals surface area contributed by atoms with Crippen LogP contribution in [0, 0.1) is 5.92 Å². The number of halogens is 1. The van der Waals surface area contributed by atoms with E-state index in [9.17, 15) is 4.79 Å². The van der Waals surface area contributed by atoms with Crippen LogP contribution in [-0.4, -0.2) is 61.4 Å². The Bertz CT molecular complexity index is 643. The van der Waals surface area contributed by atoms with Crippen LogP contribution in [0.2, 0.25) is 5.02 Å². The highest BCUT2D eigenvalue weighted by atomic mass is 35.5. The fraction of sp³-hybridized carbons (Fsp3) is 0.619. The van der Waals surface area contributed by atoms with Crippen molar-refractivity contribution >= 4 is 23.5 Å². The molecule has 1 aromatic carbocycles. The fourth-order valence-electron chi connectivity index (χ4n) is 3.50. The Kier molecular flexibility index (Phi) is 9.58. The Hall–Kier alpha value is -1.79. The standard InChI is InChI=1S/C21H34ClN5O/c1-3-24-21(26(2)16-18-8-4-5-9-19(18)22)25-12-6-7-13-27-14-10-17(11-15-27)20(23)28/h4-5,8-9,17H,3,6-7,10-16H2,1-2H3,(H2,23,28)(H,24,25). The van der Waals surface area contributed by atoms with E-state index in [2.05, 4.69) is 22.0 Å². The highest BCUT2D eigenvalue weighted by Crippen LogP contribution is 2.17. The summed E-state index contributed by atoms with van der Waals surface area (Å²) in [7, 11) is 2.04. The number of aliphatic imine (C=N–C) groups is 1. The van der Waals surface area contributed by atoms with Gasteiger partial charge in [-0.25, -0.2) is 0 Å². The lowest BCUT2D eigenvalue weighted by Gasteiger charge is -2.30. The van der Waals surface area contributed by atoms with Crippen molar-refractivity contribution in [2.75, 3.05) is 39.8 Å². The molecule has 156 valence electrons. The van der Waals surface area contributed by atoms with Crippen molar-refractivity contribution in [3.05, 3.63) is 34.9 Å². The number of hydrogen-bond donors (Lipinski definition) is 2. The van der Waals surface area contributed by atoms with Crippen LogP contribution in [0.5, 0.6) is 0 Å². The Morgan fingerprint density at radius 2 is 2.04 bits per heavy atom.